The Kier molecular flexibility index (Phi) is 1.47. The lowest BCUT2D eigenvalue weighted by Crippen LogP contribution is -2.53. The lowest BCUT2D eigenvalue weighted by molar-refractivity contribution is -0.206. The summed E-state index contributed by atoms with van der Waals surface area (Å²) in [6, 6.07) is 0. The molecule has 0 nitrogen and oxygen atoms in total. The predicted molar refractivity (Wildman–Crippen MR) is 24.0 cm³/mol. The van der Waals surface area contributed by atoms with E-state index in [1.807, 2.05) is 0 Å². The SMILES string of the molecule is FCC1=C(F)C(F)(F)C1(F)F. The number of hydrogen-bond acceptors (Lipinski definition) is 0. The Morgan fingerprint density at radius 3 is 1.64 bits per heavy atom. The summed E-state index contributed by atoms with van der Waals surface area (Å²) < 4.78 is 70.8. The molecule has 1 aliphatic carbocycles. The number of allylic oxidation sites excluding steroid dienone is 2. The topological polar surface area (TPSA) is 0 Å². The molecule has 0 aliphatic heterocycles. The fourth-order valence-corrected chi connectivity index (χ4v) is 0.735. The zero-order valence-electron chi connectivity index (χ0n) is 4.97. The fraction of sp³-hybridized carbons (Fsp3) is 0.600. The highest BCUT2D eigenvalue weighted by molar-refractivity contribution is 5.39. The molecule has 0 fully saturated rings. The third kappa shape index (κ3) is 0.721. The van der Waals surface area contributed by atoms with Crippen LogP contribution in [0.4, 0.5) is 26.3 Å². The zero-order chi connectivity index (χ0) is 8.86. The highest BCUT2D eigenvalue weighted by atomic mass is 19.3. The summed E-state index contributed by atoms with van der Waals surface area (Å²) in [7, 11) is 0. The summed E-state index contributed by atoms with van der Waals surface area (Å²) >= 11 is 0. The van der Waals surface area contributed by atoms with E-state index in [0.29, 0.717) is 0 Å². The second-order valence-corrected chi connectivity index (χ2v) is 2.07. The summed E-state index contributed by atoms with van der Waals surface area (Å²) in [5.41, 5.74) is -1.75. The molecule has 0 N–H and O–H groups in total. The first-order valence-corrected chi connectivity index (χ1v) is 2.57. The van der Waals surface area contributed by atoms with Gasteiger partial charge in [-0.3, -0.25) is 0 Å². The summed E-state index contributed by atoms with van der Waals surface area (Å²) in [6.45, 7) is -1.88. The second kappa shape index (κ2) is 1.92. The van der Waals surface area contributed by atoms with Crippen molar-refractivity contribution in [2.24, 2.45) is 0 Å². The molecular formula is C5H2F6. The van der Waals surface area contributed by atoms with Gasteiger partial charge in [-0.05, 0) is 0 Å². The zero-order valence-corrected chi connectivity index (χ0v) is 4.97. The molecule has 0 bridgehead atoms. The smallest absolute Gasteiger partial charge is 0.246 e. The lowest BCUT2D eigenvalue weighted by Gasteiger charge is -2.35. The van der Waals surface area contributed by atoms with Crippen LogP contribution in [-0.4, -0.2) is 18.5 Å². The largest absolute Gasteiger partial charge is 0.365 e. The van der Waals surface area contributed by atoms with E-state index in [1.54, 1.807) is 0 Å². The minimum Gasteiger partial charge on any atom is -0.246 e. The van der Waals surface area contributed by atoms with E-state index in [2.05, 4.69) is 0 Å². The molecule has 0 atom stereocenters. The van der Waals surface area contributed by atoms with Crippen LogP contribution < -0.4 is 0 Å². The van der Waals surface area contributed by atoms with Crippen LogP contribution in [0.1, 0.15) is 0 Å². The molecule has 0 saturated carbocycles. The van der Waals surface area contributed by atoms with Crippen LogP contribution in [0.3, 0.4) is 0 Å². The molecule has 0 spiro atoms. The first kappa shape index (κ1) is 8.42. The van der Waals surface area contributed by atoms with Crippen molar-refractivity contribution in [3.05, 3.63) is 11.4 Å². The van der Waals surface area contributed by atoms with Gasteiger partial charge in [-0.2, -0.15) is 17.6 Å². The Morgan fingerprint density at radius 2 is 1.45 bits per heavy atom. The molecule has 0 heterocycles. The van der Waals surface area contributed by atoms with Crippen molar-refractivity contribution in [2.75, 3.05) is 6.67 Å². The minimum atomic E-state index is -4.81. The highest BCUT2D eigenvalue weighted by Crippen LogP contribution is 2.55. The maximum absolute atomic E-state index is 11.9. The Bertz CT molecular complexity index is 215. The van der Waals surface area contributed by atoms with Crippen molar-refractivity contribution in [1.82, 2.24) is 0 Å². The van der Waals surface area contributed by atoms with Gasteiger partial charge in [0.25, 0.3) is 0 Å². The van der Waals surface area contributed by atoms with Crippen LogP contribution in [0, 0.1) is 0 Å². The van der Waals surface area contributed by atoms with Gasteiger partial charge in [-0.1, -0.05) is 0 Å². The minimum absolute atomic E-state index is 1.75. The van der Waals surface area contributed by atoms with Crippen LogP contribution >= 0.6 is 0 Å². The van der Waals surface area contributed by atoms with Crippen LogP contribution in [0.2, 0.25) is 0 Å². The molecule has 0 saturated heterocycles. The highest BCUT2D eigenvalue weighted by Gasteiger charge is 2.72. The van der Waals surface area contributed by atoms with E-state index < -0.39 is 29.9 Å². The van der Waals surface area contributed by atoms with Gasteiger partial charge in [-0.25, -0.2) is 8.78 Å². The maximum Gasteiger partial charge on any atom is 0.365 e. The van der Waals surface area contributed by atoms with Crippen LogP contribution in [0.15, 0.2) is 11.4 Å². The number of hydrogen-bond donors (Lipinski definition) is 0. The van der Waals surface area contributed by atoms with Crippen LogP contribution in [0.5, 0.6) is 0 Å². The Labute approximate surface area is 57.5 Å². The van der Waals surface area contributed by atoms with Gasteiger partial charge in [-0.15, -0.1) is 0 Å². The summed E-state index contributed by atoms with van der Waals surface area (Å²) in [6.07, 6.45) is 0. The third-order valence-corrected chi connectivity index (χ3v) is 1.45. The molecule has 0 unspecified atom stereocenters. The Morgan fingerprint density at radius 1 is 1.00 bits per heavy atom. The molecule has 0 aromatic carbocycles. The van der Waals surface area contributed by atoms with Gasteiger partial charge in [0.05, 0.1) is 5.57 Å². The quantitative estimate of drug-likeness (QED) is 0.538. The van der Waals surface area contributed by atoms with E-state index in [0.717, 1.165) is 0 Å². The maximum atomic E-state index is 11.9. The fourth-order valence-electron chi connectivity index (χ4n) is 0.735. The van der Waals surface area contributed by atoms with Gasteiger partial charge in [0.2, 0.25) is 0 Å². The second-order valence-electron chi connectivity index (χ2n) is 2.07. The first-order chi connectivity index (χ1) is 4.85. The van der Waals surface area contributed by atoms with Crippen molar-refractivity contribution in [1.29, 1.82) is 0 Å². The number of rotatable bonds is 1. The average Bonchev–Trinajstić information content (AvgIpc) is 1.88. The standard InChI is InChI=1S/C5H2F6/c6-1-2-3(7)5(10,11)4(2,8)9/h1H2. The van der Waals surface area contributed by atoms with Gasteiger partial charge in [0.1, 0.15) is 6.67 Å². The summed E-state index contributed by atoms with van der Waals surface area (Å²) in [5.74, 6) is -11.8. The molecule has 11 heavy (non-hydrogen) atoms. The van der Waals surface area contributed by atoms with Crippen LogP contribution in [-0.2, 0) is 0 Å². The normalized spacial score (nSPS) is 26.7. The first-order valence-electron chi connectivity index (χ1n) is 2.57. The van der Waals surface area contributed by atoms with Crippen molar-refractivity contribution < 1.29 is 26.3 Å². The van der Waals surface area contributed by atoms with E-state index in [1.165, 1.54) is 0 Å². The molecule has 0 aromatic rings. The van der Waals surface area contributed by atoms with Gasteiger partial charge >= 0.3 is 11.8 Å². The van der Waals surface area contributed by atoms with Crippen molar-refractivity contribution >= 4 is 0 Å². The Balaban J connectivity index is 3.07. The van der Waals surface area contributed by atoms with Crippen molar-refractivity contribution in [2.45, 2.75) is 11.8 Å². The summed E-state index contributed by atoms with van der Waals surface area (Å²) in [4.78, 5) is 0. The number of alkyl halides is 5. The van der Waals surface area contributed by atoms with Gasteiger partial charge in [0, 0.05) is 0 Å². The molecule has 1 rings (SSSR count). The third-order valence-electron chi connectivity index (χ3n) is 1.45. The monoisotopic (exact) mass is 176 g/mol. The van der Waals surface area contributed by atoms with E-state index in [4.69, 9.17) is 0 Å². The van der Waals surface area contributed by atoms with Gasteiger partial charge in [0.15, 0.2) is 5.83 Å². The van der Waals surface area contributed by atoms with E-state index >= 15 is 0 Å². The molecule has 0 radical (unpaired) electrons. The molecule has 1 aliphatic rings. The lowest BCUT2D eigenvalue weighted by atomic mass is 9.88. The average molecular weight is 176 g/mol. The molecule has 0 amide bonds. The summed E-state index contributed by atoms with van der Waals surface area (Å²) in [5, 5.41) is 0. The van der Waals surface area contributed by atoms with E-state index in [-0.39, 0.29) is 0 Å². The van der Waals surface area contributed by atoms with Crippen LogP contribution in [0.25, 0.3) is 0 Å². The molecule has 6 heteroatoms. The van der Waals surface area contributed by atoms with E-state index in [9.17, 15) is 26.3 Å². The molecular weight excluding hydrogens is 174 g/mol. The molecule has 0 aromatic heterocycles. The molecule has 64 valence electrons. The number of halogens is 6. The van der Waals surface area contributed by atoms with Crippen molar-refractivity contribution in [3.8, 4) is 0 Å². The predicted octanol–water partition coefficient (Wildman–Crippen LogP) is 2.46. The Hall–Kier alpha value is -0.680. The van der Waals surface area contributed by atoms with Gasteiger partial charge < -0.3 is 0 Å². The van der Waals surface area contributed by atoms with Crippen molar-refractivity contribution in [3.63, 3.8) is 0 Å².